The Morgan fingerprint density at radius 3 is 3.11 bits per heavy atom. The second-order valence-electron chi connectivity index (χ2n) is 4.27. The van der Waals surface area contributed by atoms with Crippen LogP contribution in [0.4, 0.5) is 0 Å². The van der Waals surface area contributed by atoms with Crippen molar-refractivity contribution in [2.45, 2.75) is 12.6 Å². The molecule has 96 valence electrons. The summed E-state index contributed by atoms with van der Waals surface area (Å²) in [7, 11) is 0. The van der Waals surface area contributed by atoms with Gasteiger partial charge in [0.05, 0.1) is 43.5 Å². The molecule has 2 heterocycles. The van der Waals surface area contributed by atoms with Crippen LogP contribution >= 0.6 is 34.8 Å². The highest BCUT2D eigenvalue weighted by Gasteiger charge is 2.16. The van der Waals surface area contributed by atoms with Gasteiger partial charge in [-0.25, -0.2) is 0 Å². The molecule has 0 spiro atoms. The van der Waals surface area contributed by atoms with Crippen LogP contribution in [0.5, 0.6) is 0 Å². The van der Waals surface area contributed by atoms with Crippen LogP contribution in [0.2, 0.25) is 0 Å². The maximum atomic E-state index is 5.67. The van der Waals surface area contributed by atoms with Crippen LogP contribution in [0.1, 0.15) is 0 Å². The maximum Gasteiger partial charge on any atom is 0.178 e. The Morgan fingerprint density at radius 2 is 2.33 bits per heavy atom. The van der Waals surface area contributed by atoms with Gasteiger partial charge in [-0.3, -0.25) is 0 Å². The largest absolute Gasteiger partial charge is 0.376 e. The molecule has 0 saturated carbocycles. The van der Waals surface area contributed by atoms with Gasteiger partial charge in [-0.2, -0.15) is 0 Å². The lowest BCUT2D eigenvalue weighted by Crippen LogP contribution is -2.32. The molecular weight excluding hydrogens is 363 g/mol. The Balaban J connectivity index is 1.95. The topological polar surface area (TPSA) is 39.2 Å². The van der Waals surface area contributed by atoms with E-state index < -0.39 is 0 Å². The third-order valence-corrected chi connectivity index (χ3v) is 4.00. The Hall–Kier alpha value is -0.440. The first-order valence-electron chi connectivity index (χ1n) is 5.81. The summed E-state index contributed by atoms with van der Waals surface area (Å²) in [5.74, 6) is 0. The molecule has 4 nitrogen and oxygen atoms in total. The first kappa shape index (κ1) is 12.6. The minimum atomic E-state index is 0.0868. The van der Waals surface area contributed by atoms with E-state index in [4.69, 9.17) is 21.7 Å². The summed E-state index contributed by atoms with van der Waals surface area (Å²) in [4.78, 5) is 3.23. The maximum absolute atomic E-state index is 5.67. The molecule has 1 fully saturated rings. The van der Waals surface area contributed by atoms with Gasteiger partial charge in [-0.05, 0) is 53.0 Å². The Bertz CT molecular complexity index is 616. The van der Waals surface area contributed by atoms with Crippen molar-refractivity contribution in [3.8, 4) is 0 Å². The average molecular weight is 376 g/mol. The number of imidazole rings is 1. The van der Waals surface area contributed by atoms with Crippen LogP contribution in [0.3, 0.4) is 0 Å². The molecule has 1 aromatic carbocycles. The molecule has 1 aromatic heterocycles. The summed E-state index contributed by atoms with van der Waals surface area (Å²) in [6, 6.07) is 6.27. The van der Waals surface area contributed by atoms with Crippen molar-refractivity contribution in [1.82, 2.24) is 9.55 Å². The van der Waals surface area contributed by atoms with Crippen LogP contribution in [0.25, 0.3) is 11.0 Å². The second-order valence-corrected chi connectivity index (χ2v) is 5.90. The SMILES string of the molecule is S=c1[nH]c2cc(I)ccc2n1CC1COCCO1. The fourth-order valence-electron chi connectivity index (χ4n) is 2.16. The van der Waals surface area contributed by atoms with E-state index in [0.717, 1.165) is 22.3 Å². The van der Waals surface area contributed by atoms with Crippen LogP contribution in [0, 0.1) is 8.34 Å². The lowest BCUT2D eigenvalue weighted by molar-refractivity contribution is -0.0933. The highest BCUT2D eigenvalue weighted by molar-refractivity contribution is 14.1. The van der Waals surface area contributed by atoms with Crippen LogP contribution in [-0.4, -0.2) is 35.5 Å². The minimum absolute atomic E-state index is 0.0868. The van der Waals surface area contributed by atoms with Gasteiger partial charge in [0.1, 0.15) is 0 Å². The number of H-pyrrole nitrogens is 1. The fourth-order valence-corrected chi connectivity index (χ4v) is 2.94. The van der Waals surface area contributed by atoms with E-state index >= 15 is 0 Å². The Labute approximate surface area is 123 Å². The smallest absolute Gasteiger partial charge is 0.178 e. The predicted octanol–water partition coefficient (Wildman–Crippen LogP) is 2.72. The van der Waals surface area contributed by atoms with E-state index in [0.29, 0.717) is 19.8 Å². The normalized spacial score (nSPS) is 20.4. The molecule has 6 heteroatoms. The highest BCUT2D eigenvalue weighted by Crippen LogP contribution is 2.18. The monoisotopic (exact) mass is 376 g/mol. The summed E-state index contributed by atoms with van der Waals surface area (Å²) >= 11 is 7.67. The number of hydrogen-bond acceptors (Lipinski definition) is 3. The van der Waals surface area contributed by atoms with E-state index in [1.165, 1.54) is 3.57 Å². The van der Waals surface area contributed by atoms with Gasteiger partial charge in [-0.1, -0.05) is 0 Å². The average Bonchev–Trinajstić information content (AvgIpc) is 2.66. The van der Waals surface area contributed by atoms with E-state index in [1.807, 2.05) is 0 Å². The third-order valence-electron chi connectivity index (χ3n) is 3.01. The van der Waals surface area contributed by atoms with Crippen LogP contribution in [-0.2, 0) is 16.0 Å². The predicted molar refractivity (Wildman–Crippen MR) is 80.4 cm³/mol. The number of fused-ring (bicyclic) bond motifs is 1. The van der Waals surface area contributed by atoms with Gasteiger partial charge >= 0.3 is 0 Å². The standard InChI is InChI=1S/C12H13IN2O2S/c13-8-1-2-11-10(5-8)14-12(18)15(11)6-9-7-16-3-4-17-9/h1-2,5,9H,3-4,6-7H2,(H,14,18). The van der Waals surface area contributed by atoms with Gasteiger partial charge in [0, 0.05) is 3.57 Å². The van der Waals surface area contributed by atoms with Crippen LogP contribution < -0.4 is 0 Å². The summed E-state index contributed by atoms with van der Waals surface area (Å²) in [6.07, 6.45) is 0.0868. The number of aromatic nitrogens is 2. The van der Waals surface area contributed by atoms with Crippen LogP contribution in [0.15, 0.2) is 18.2 Å². The minimum Gasteiger partial charge on any atom is -0.376 e. The van der Waals surface area contributed by atoms with Crippen molar-refractivity contribution < 1.29 is 9.47 Å². The number of rotatable bonds is 2. The zero-order valence-electron chi connectivity index (χ0n) is 9.69. The van der Waals surface area contributed by atoms with E-state index in [9.17, 15) is 0 Å². The van der Waals surface area contributed by atoms with Gasteiger partial charge < -0.3 is 19.0 Å². The first-order valence-corrected chi connectivity index (χ1v) is 7.30. The zero-order chi connectivity index (χ0) is 12.5. The molecule has 18 heavy (non-hydrogen) atoms. The molecule has 0 radical (unpaired) electrons. The lowest BCUT2D eigenvalue weighted by Gasteiger charge is -2.23. The molecule has 0 aliphatic carbocycles. The molecular formula is C12H13IN2O2S. The molecule has 1 aliphatic rings. The van der Waals surface area contributed by atoms with Gasteiger partial charge in [-0.15, -0.1) is 0 Å². The van der Waals surface area contributed by atoms with Crippen molar-refractivity contribution in [3.63, 3.8) is 0 Å². The zero-order valence-corrected chi connectivity index (χ0v) is 12.7. The Kier molecular flexibility index (Phi) is 3.69. The highest BCUT2D eigenvalue weighted by atomic mass is 127. The number of nitrogens with one attached hydrogen (secondary N) is 1. The van der Waals surface area contributed by atoms with Gasteiger partial charge in [0.15, 0.2) is 4.77 Å². The quantitative estimate of drug-likeness (QED) is 0.647. The molecule has 0 bridgehead atoms. The van der Waals surface area contributed by atoms with E-state index in [2.05, 4.69) is 50.3 Å². The summed E-state index contributed by atoms with van der Waals surface area (Å²) < 4.78 is 15.1. The molecule has 1 atom stereocenters. The molecule has 0 amide bonds. The molecule has 1 aliphatic heterocycles. The van der Waals surface area contributed by atoms with Crippen molar-refractivity contribution in [1.29, 1.82) is 0 Å². The van der Waals surface area contributed by atoms with E-state index in [-0.39, 0.29) is 6.10 Å². The van der Waals surface area contributed by atoms with Crippen molar-refractivity contribution in [2.24, 2.45) is 0 Å². The molecule has 1 unspecified atom stereocenters. The fraction of sp³-hybridized carbons (Fsp3) is 0.417. The first-order chi connectivity index (χ1) is 8.74. The lowest BCUT2D eigenvalue weighted by atomic mass is 10.3. The number of ether oxygens (including phenoxy) is 2. The number of halogens is 1. The van der Waals surface area contributed by atoms with Crippen molar-refractivity contribution in [3.05, 3.63) is 26.5 Å². The van der Waals surface area contributed by atoms with Crippen molar-refractivity contribution >= 4 is 45.8 Å². The molecule has 3 rings (SSSR count). The van der Waals surface area contributed by atoms with Crippen molar-refractivity contribution in [2.75, 3.05) is 19.8 Å². The summed E-state index contributed by atoms with van der Waals surface area (Å²) in [5.41, 5.74) is 2.19. The Morgan fingerprint density at radius 1 is 1.44 bits per heavy atom. The summed E-state index contributed by atoms with van der Waals surface area (Å²) in [5, 5.41) is 0. The van der Waals surface area contributed by atoms with Gasteiger partial charge in [0.2, 0.25) is 0 Å². The molecule has 1 N–H and O–H groups in total. The molecule has 2 aromatic rings. The van der Waals surface area contributed by atoms with E-state index in [1.54, 1.807) is 0 Å². The number of aromatic amines is 1. The number of nitrogens with zero attached hydrogens (tertiary/aromatic N) is 1. The number of benzene rings is 1. The second kappa shape index (κ2) is 5.28. The third kappa shape index (κ3) is 2.47. The summed E-state index contributed by atoms with van der Waals surface area (Å²) in [6.45, 7) is 2.73. The molecule has 1 saturated heterocycles. The van der Waals surface area contributed by atoms with Gasteiger partial charge in [0.25, 0.3) is 0 Å². The number of hydrogen-bond donors (Lipinski definition) is 1.